The van der Waals surface area contributed by atoms with Crippen LogP contribution in [-0.4, -0.2) is 74.1 Å². The Morgan fingerprint density at radius 3 is 1.32 bits per heavy atom. The molecule has 0 saturated heterocycles. The summed E-state index contributed by atoms with van der Waals surface area (Å²) in [5.74, 6) is 0. The van der Waals surface area contributed by atoms with Crippen LogP contribution in [0.25, 0.3) is 0 Å². The van der Waals surface area contributed by atoms with Crippen molar-refractivity contribution < 1.29 is 0 Å². The predicted molar refractivity (Wildman–Crippen MR) is 142 cm³/mol. The van der Waals surface area contributed by atoms with Gasteiger partial charge in [0.1, 0.15) is 0 Å². The van der Waals surface area contributed by atoms with Crippen LogP contribution in [-0.2, 0) is 13.1 Å². The quantitative estimate of drug-likeness (QED) is 0.540. The van der Waals surface area contributed by atoms with Crippen molar-refractivity contribution in [2.24, 2.45) is 0 Å². The molecule has 0 aromatic heterocycles. The van der Waals surface area contributed by atoms with E-state index >= 15 is 0 Å². The van der Waals surface area contributed by atoms with Gasteiger partial charge >= 0.3 is 0 Å². The maximum absolute atomic E-state index is 2.65. The standard InChI is InChI=1S/C22H46N2Si4/c1-23(2)17-19-15-14-16-20(18-24(3)4)21(19)25(28(11,12)13)22(26(5,6)7)27(8,9)10/h14-16H,17-18H2,1-13H3. The van der Waals surface area contributed by atoms with Crippen LogP contribution in [0.5, 0.6) is 0 Å². The number of hydrogen-bond donors (Lipinski definition) is 0. The Morgan fingerprint density at radius 1 is 0.714 bits per heavy atom. The van der Waals surface area contributed by atoms with Gasteiger partial charge in [0.15, 0.2) is 0 Å². The molecule has 6 heteroatoms. The molecule has 0 N–H and O–H groups in total. The van der Waals surface area contributed by atoms with E-state index in [9.17, 15) is 0 Å². The number of hydrogen-bond acceptors (Lipinski definition) is 2. The topological polar surface area (TPSA) is 6.48 Å². The summed E-state index contributed by atoms with van der Waals surface area (Å²) in [6.45, 7) is 25.7. The molecule has 0 bridgehead atoms. The molecule has 28 heavy (non-hydrogen) atoms. The zero-order chi connectivity index (χ0) is 22.1. The lowest BCUT2D eigenvalue weighted by Gasteiger charge is -2.40. The molecule has 0 radical (unpaired) electrons. The summed E-state index contributed by atoms with van der Waals surface area (Å²) in [7, 11) is 4.02. The Kier molecular flexibility index (Phi) is 8.65. The summed E-state index contributed by atoms with van der Waals surface area (Å²) in [6.07, 6.45) is 0. The number of rotatable bonds is 8. The molecule has 0 fully saturated rings. The maximum atomic E-state index is 2.65. The Morgan fingerprint density at radius 2 is 1.07 bits per heavy atom. The van der Waals surface area contributed by atoms with Crippen LogP contribution in [0, 0.1) is 0 Å². The van der Waals surface area contributed by atoms with Crippen molar-refractivity contribution in [1.29, 1.82) is 0 Å². The van der Waals surface area contributed by atoms with E-state index in [0.717, 1.165) is 13.1 Å². The third kappa shape index (κ3) is 6.99. The minimum atomic E-state index is -1.38. The Hall–Kier alpha value is -0.122. The van der Waals surface area contributed by atoms with E-state index in [4.69, 9.17) is 0 Å². The molecule has 0 aliphatic rings. The first-order chi connectivity index (χ1) is 12.5. The first kappa shape index (κ1) is 25.9. The van der Waals surface area contributed by atoms with E-state index in [1.807, 2.05) is 0 Å². The average molecular weight is 451 g/mol. The minimum absolute atomic E-state index is 0.715. The summed E-state index contributed by atoms with van der Waals surface area (Å²) in [6, 6.07) is 7.14. The first-order valence-corrected chi connectivity index (χ1v) is 23.6. The molecule has 0 unspecified atom stereocenters. The van der Waals surface area contributed by atoms with E-state index in [1.165, 1.54) is 0 Å². The molecule has 0 spiro atoms. The van der Waals surface area contributed by atoms with Gasteiger partial charge < -0.3 is 9.80 Å². The Bertz CT molecular complexity index is 658. The maximum Gasteiger partial charge on any atom is 0.0632 e. The lowest BCUT2D eigenvalue weighted by atomic mass is 10.1. The lowest BCUT2D eigenvalue weighted by molar-refractivity contribution is 0.398. The monoisotopic (exact) mass is 450 g/mol. The first-order valence-electron chi connectivity index (χ1n) is 10.6. The van der Waals surface area contributed by atoms with Crippen LogP contribution in [0.4, 0.5) is 0 Å². The molecule has 0 saturated carbocycles. The fourth-order valence-electron chi connectivity index (χ4n) is 4.67. The molecule has 0 atom stereocenters. The molecule has 1 rings (SSSR count). The van der Waals surface area contributed by atoms with Crippen LogP contribution in [0.3, 0.4) is 0 Å². The van der Waals surface area contributed by atoms with Gasteiger partial charge in [-0.3, -0.25) is 0 Å². The molecule has 0 aliphatic carbocycles. The predicted octanol–water partition coefficient (Wildman–Crippen LogP) is 4.44. The molecular weight excluding hydrogens is 405 g/mol. The fraction of sp³-hybridized carbons (Fsp3) is 0.682. The molecule has 0 heterocycles. The normalized spacial score (nSPS) is 13.4. The van der Waals surface area contributed by atoms with Gasteiger partial charge in [-0.1, -0.05) is 77.1 Å². The van der Waals surface area contributed by atoms with Gasteiger partial charge in [0.2, 0.25) is 0 Å². The van der Waals surface area contributed by atoms with E-state index in [-0.39, 0.29) is 0 Å². The second kappa shape index (κ2) is 9.35. The zero-order valence-corrected chi connectivity index (χ0v) is 25.0. The van der Waals surface area contributed by atoms with Gasteiger partial charge in [0.25, 0.3) is 0 Å². The SMILES string of the molecule is CN(C)Cc1cccc(CN(C)C)c1[Si](=C([Si](C)(C)C)[Si](C)(C)C)[Si](C)(C)C. The van der Waals surface area contributed by atoms with Gasteiger partial charge in [-0.2, -0.15) is 0 Å². The summed E-state index contributed by atoms with van der Waals surface area (Å²) in [5, 5.41) is 1.79. The fourth-order valence-corrected chi connectivity index (χ4v) is 42.1. The molecule has 1 aromatic rings. The van der Waals surface area contributed by atoms with E-state index < -0.39 is 31.7 Å². The number of nitrogens with zero attached hydrogens (tertiary/aromatic N) is 2. The Labute approximate surface area is 180 Å². The van der Waals surface area contributed by atoms with Gasteiger partial charge in [0.05, 0.1) is 23.7 Å². The highest BCUT2D eigenvalue weighted by Crippen LogP contribution is 2.21. The van der Waals surface area contributed by atoms with Crippen LogP contribution in [0.15, 0.2) is 18.2 Å². The van der Waals surface area contributed by atoms with Crippen molar-refractivity contribution in [3.63, 3.8) is 0 Å². The lowest BCUT2D eigenvalue weighted by Crippen LogP contribution is -2.64. The van der Waals surface area contributed by atoms with Crippen LogP contribution in [0.2, 0.25) is 58.9 Å². The molecule has 1 aromatic carbocycles. The minimum Gasteiger partial charge on any atom is -0.305 e. The van der Waals surface area contributed by atoms with Crippen molar-refractivity contribution >= 4 is 41.3 Å². The zero-order valence-electron chi connectivity index (χ0n) is 21.0. The highest BCUT2D eigenvalue weighted by atomic mass is 29.2. The van der Waals surface area contributed by atoms with Crippen LogP contribution < -0.4 is 5.19 Å². The highest BCUT2D eigenvalue weighted by Gasteiger charge is 2.39. The average Bonchev–Trinajstić information content (AvgIpc) is 2.40. The Balaban J connectivity index is 4.12. The number of benzene rings is 1. The van der Waals surface area contributed by atoms with Gasteiger partial charge in [-0.15, -0.1) is 4.42 Å². The van der Waals surface area contributed by atoms with E-state index in [1.54, 1.807) is 16.3 Å². The second-order valence-electron chi connectivity index (χ2n) is 11.9. The third-order valence-electron chi connectivity index (χ3n) is 4.96. The van der Waals surface area contributed by atoms with Crippen molar-refractivity contribution in [2.45, 2.75) is 72.0 Å². The van der Waals surface area contributed by atoms with Gasteiger partial charge in [0, 0.05) is 21.0 Å². The summed E-state index contributed by atoms with van der Waals surface area (Å²) >= 11 is 0. The summed E-state index contributed by atoms with van der Waals surface area (Å²) in [5.41, 5.74) is 3.18. The van der Waals surface area contributed by atoms with Crippen molar-refractivity contribution in [3.05, 3.63) is 29.3 Å². The third-order valence-corrected chi connectivity index (χ3v) is 29.1. The largest absolute Gasteiger partial charge is 0.305 e. The van der Waals surface area contributed by atoms with Crippen LogP contribution >= 0.6 is 0 Å². The molecule has 0 amide bonds. The molecule has 0 aliphatic heterocycles. The van der Waals surface area contributed by atoms with Crippen molar-refractivity contribution in [1.82, 2.24) is 9.80 Å². The van der Waals surface area contributed by atoms with Crippen molar-refractivity contribution in [2.75, 3.05) is 28.2 Å². The van der Waals surface area contributed by atoms with E-state index in [0.29, 0.717) is 0 Å². The molecule has 2 nitrogen and oxygen atoms in total. The molecular formula is C22H46N2Si4. The van der Waals surface area contributed by atoms with Crippen molar-refractivity contribution in [3.8, 4) is 0 Å². The summed E-state index contributed by atoms with van der Waals surface area (Å²) in [4.78, 5) is 4.70. The second-order valence-corrected chi connectivity index (χ2v) is 35.7. The summed E-state index contributed by atoms with van der Waals surface area (Å²) < 4.78 is 2.09. The smallest absolute Gasteiger partial charge is 0.0632 e. The van der Waals surface area contributed by atoms with Crippen LogP contribution in [0.1, 0.15) is 11.1 Å². The van der Waals surface area contributed by atoms with Gasteiger partial charge in [-0.25, -0.2) is 0 Å². The van der Waals surface area contributed by atoms with E-state index in [2.05, 4.69) is 120 Å². The van der Waals surface area contributed by atoms with Gasteiger partial charge in [-0.05, 0) is 44.5 Å². The highest BCUT2D eigenvalue weighted by molar-refractivity contribution is 7.55. The molecule has 160 valence electrons.